The van der Waals surface area contributed by atoms with Gasteiger partial charge in [-0.3, -0.25) is 0 Å². The number of aryl methyl sites for hydroxylation is 2. The molecule has 0 aliphatic carbocycles. The van der Waals surface area contributed by atoms with Crippen LogP contribution < -0.4 is 0 Å². The maximum Gasteiger partial charge on any atom is 0.381 e. The second-order valence-corrected chi connectivity index (χ2v) is 4.39. The minimum atomic E-state index is -0.490. The van der Waals surface area contributed by atoms with Gasteiger partial charge in [-0.05, 0) is 40.4 Å². The summed E-state index contributed by atoms with van der Waals surface area (Å²) >= 11 is 5.80. The normalized spacial score (nSPS) is 10.5. The van der Waals surface area contributed by atoms with Crippen molar-refractivity contribution in [1.29, 1.82) is 0 Å². The Bertz CT molecular complexity index is 537. The van der Waals surface area contributed by atoms with Gasteiger partial charge in [0.1, 0.15) is 6.20 Å². The van der Waals surface area contributed by atoms with E-state index in [-0.39, 0.29) is 5.82 Å². The first-order chi connectivity index (χ1) is 8.65. The molecular weight excluding hydrogens is 254 g/mol. The Kier molecular flexibility index (Phi) is 3.94. The lowest BCUT2D eigenvalue weighted by Gasteiger charge is -2.01. The number of benzene rings is 1. The molecule has 94 valence electrons. The van der Waals surface area contributed by atoms with Gasteiger partial charge in [-0.2, -0.15) is 0 Å². The van der Waals surface area contributed by atoms with Crippen molar-refractivity contribution < 1.29 is 4.92 Å². The number of rotatable bonds is 5. The first-order valence-corrected chi connectivity index (χ1v) is 5.93. The van der Waals surface area contributed by atoms with Gasteiger partial charge in [-0.15, -0.1) is 0 Å². The lowest BCUT2D eigenvalue weighted by atomic mass is 10.1. The van der Waals surface area contributed by atoms with Crippen molar-refractivity contribution in [2.24, 2.45) is 0 Å². The van der Waals surface area contributed by atoms with E-state index >= 15 is 0 Å². The van der Waals surface area contributed by atoms with Crippen molar-refractivity contribution in [1.82, 2.24) is 9.55 Å². The predicted molar refractivity (Wildman–Crippen MR) is 68.7 cm³/mol. The van der Waals surface area contributed by atoms with Crippen LogP contribution in [0.2, 0.25) is 5.02 Å². The highest BCUT2D eigenvalue weighted by Gasteiger charge is 2.08. The van der Waals surface area contributed by atoms with Crippen LogP contribution in [-0.4, -0.2) is 14.5 Å². The maximum atomic E-state index is 10.5. The molecule has 6 heteroatoms. The molecule has 0 aliphatic rings. The summed E-state index contributed by atoms with van der Waals surface area (Å²) in [5.41, 5.74) is 1.20. The molecular formula is C12H12ClN3O2. The van der Waals surface area contributed by atoms with E-state index in [0.29, 0.717) is 6.54 Å². The molecule has 0 N–H and O–H groups in total. The van der Waals surface area contributed by atoms with Crippen LogP contribution in [0.4, 0.5) is 5.82 Å². The molecule has 0 fully saturated rings. The molecule has 0 saturated carbocycles. The molecule has 0 aliphatic heterocycles. The Morgan fingerprint density at radius 1 is 1.33 bits per heavy atom. The van der Waals surface area contributed by atoms with Crippen LogP contribution in [0.1, 0.15) is 12.0 Å². The lowest BCUT2D eigenvalue weighted by Crippen LogP contribution is -1.96. The zero-order valence-electron chi connectivity index (χ0n) is 9.62. The highest BCUT2D eigenvalue weighted by atomic mass is 35.5. The molecule has 1 aromatic carbocycles. The third-order valence-electron chi connectivity index (χ3n) is 2.60. The van der Waals surface area contributed by atoms with Crippen LogP contribution >= 0.6 is 11.6 Å². The van der Waals surface area contributed by atoms with E-state index in [1.54, 1.807) is 4.57 Å². The molecule has 0 unspecified atom stereocenters. The van der Waals surface area contributed by atoms with Gasteiger partial charge in [0.25, 0.3) is 0 Å². The number of nitro groups is 1. The first-order valence-electron chi connectivity index (χ1n) is 5.56. The van der Waals surface area contributed by atoms with Crippen molar-refractivity contribution in [2.75, 3.05) is 0 Å². The predicted octanol–water partition coefficient (Wildman–Crippen LogP) is 3.08. The molecule has 2 aromatic rings. The van der Waals surface area contributed by atoms with Crippen LogP contribution in [0.25, 0.3) is 0 Å². The number of halogens is 1. The number of hydrogen-bond donors (Lipinski definition) is 0. The van der Waals surface area contributed by atoms with E-state index in [1.165, 1.54) is 18.1 Å². The van der Waals surface area contributed by atoms with Gasteiger partial charge >= 0.3 is 5.82 Å². The zero-order chi connectivity index (χ0) is 13.0. The standard InChI is InChI=1S/C12H12ClN3O2/c13-11-5-3-10(4-6-11)2-1-7-15-8-12(14-9-15)16(17)18/h3-6,8-9H,1-2,7H2. The van der Waals surface area contributed by atoms with Gasteiger partial charge in [-0.25, -0.2) is 0 Å². The largest absolute Gasteiger partial charge is 0.381 e. The van der Waals surface area contributed by atoms with Crippen molar-refractivity contribution in [3.63, 3.8) is 0 Å². The minimum Gasteiger partial charge on any atom is -0.358 e. The molecule has 18 heavy (non-hydrogen) atoms. The Labute approximate surface area is 109 Å². The molecule has 0 atom stereocenters. The minimum absolute atomic E-state index is 0.110. The van der Waals surface area contributed by atoms with Gasteiger partial charge in [0.05, 0.1) is 0 Å². The first kappa shape index (κ1) is 12.6. The Morgan fingerprint density at radius 3 is 2.67 bits per heavy atom. The summed E-state index contributed by atoms with van der Waals surface area (Å²) in [7, 11) is 0. The van der Waals surface area contributed by atoms with Crippen molar-refractivity contribution in [2.45, 2.75) is 19.4 Å². The molecule has 5 nitrogen and oxygen atoms in total. The topological polar surface area (TPSA) is 61.0 Å². The van der Waals surface area contributed by atoms with Crippen molar-refractivity contribution in [3.8, 4) is 0 Å². The highest BCUT2D eigenvalue weighted by Crippen LogP contribution is 2.12. The summed E-state index contributed by atoms with van der Waals surface area (Å²) < 4.78 is 1.73. The summed E-state index contributed by atoms with van der Waals surface area (Å²) in [5, 5.41) is 11.2. The molecule has 0 spiro atoms. The Morgan fingerprint density at radius 2 is 2.06 bits per heavy atom. The van der Waals surface area contributed by atoms with Crippen LogP contribution in [0.3, 0.4) is 0 Å². The summed E-state index contributed by atoms with van der Waals surface area (Å²) in [5.74, 6) is -0.110. The quantitative estimate of drug-likeness (QED) is 0.616. The number of imidazole rings is 1. The monoisotopic (exact) mass is 265 g/mol. The van der Waals surface area contributed by atoms with Gasteiger partial charge in [0, 0.05) is 11.6 Å². The fourth-order valence-electron chi connectivity index (χ4n) is 1.68. The van der Waals surface area contributed by atoms with E-state index in [1.807, 2.05) is 24.3 Å². The van der Waals surface area contributed by atoms with Crippen molar-refractivity contribution in [3.05, 3.63) is 57.5 Å². The van der Waals surface area contributed by atoms with E-state index in [4.69, 9.17) is 11.6 Å². The van der Waals surface area contributed by atoms with Gasteiger partial charge in [-0.1, -0.05) is 23.7 Å². The summed E-state index contributed by atoms with van der Waals surface area (Å²) in [4.78, 5) is 13.7. The molecule has 0 saturated heterocycles. The average molecular weight is 266 g/mol. The number of hydrogen-bond acceptors (Lipinski definition) is 3. The van der Waals surface area contributed by atoms with Crippen LogP contribution in [0.15, 0.2) is 36.8 Å². The zero-order valence-corrected chi connectivity index (χ0v) is 10.4. The Balaban J connectivity index is 1.84. The number of nitrogens with zero attached hydrogens (tertiary/aromatic N) is 3. The molecule has 0 radical (unpaired) electrons. The summed E-state index contributed by atoms with van der Waals surface area (Å²) in [6, 6.07) is 7.69. The number of aromatic nitrogens is 2. The fraction of sp³-hybridized carbons (Fsp3) is 0.250. The third-order valence-corrected chi connectivity index (χ3v) is 2.85. The van der Waals surface area contributed by atoms with Crippen LogP contribution in [-0.2, 0) is 13.0 Å². The second-order valence-electron chi connectivity index (χ2n) is 3.96. The van der Waals surface area contributed by atoms with Gasteiger partial charge in [0.2, 0.25) is 6.33 Å². The van der Waals surface area contributed by atoms with E-state index in [2.05, 4.69) is 4.98 Å². The van der Waals surface area contributed by atoms with Gasteiger partial charge < -0.3 is 14.7 Å². The third kappa shape index (κ3) is 3.30. The van der Waals surface area contributed by atoms with Gasteiger partial charge in [0.15, 0.2) is 0 Å². The van der Waals surface area contributed by atoms with E-state index in [9.17, 15) is 10.1 Å². The smallest absolute Gasteiger partial charge is 0.358 e. The lowest BCUT2D eigenvalue weighted by molar-refractivity contribution is -0.389. The highest BCUT2D eigenvalue weighted by molar-refractivity contribution is 6.30. The van der Waals surface area contributed by atoms with Crippen molar-refractivity contribution >= 4 is 17.4 Å². The second kappa shape index (κ2) is 5.64. The molecule has 1 aromatic heterocycles. The SMILES string of the molecule is O=[N+]([O-])c1cn(CCCc2ccc(Cl)cc2)cn1. The average Bonchev–Trinajstić information content (AvgIpc) is 2.81. The Hall–Kier alpha value is -1.88. The summed E-state index contributed by atoms with van der Waals surface area (Å²) in [6.07, 6.45) is 4.74. The van der Waals surface area contributed by atoms with E-state index in [0.717, 1.165) is 17.9 Å². The molecule has 1 heterocycles. The fourth-order valence-corrected chi connectivity index (χ4v) is 1.81. The van der Waals surface area contributed by atoms with E-state index < -0.39 is 4.92 Å². The summed E-state index contributed by atoms with van der Waals surface area (Å²) in [6.45, 7) is 0.712. The molecule has 0 bridgehead atoms. The van der Waals surface area contributed by atoms with Crippen LogP contribution in [0, 0.1) is 10.1 Å². The maximum absolute atomic E-state index is 10.5. The molecule has 2 rings (SSSR count). The molecule has 0 amide bonds. The van der Waals surface area contributed by atoms with Crippen LogP contribution in [0.5, 0.6) is 0 Å².